The lowest BCUT2D eigenvalue weighted by molar-refractivity contribution is 0.0921. The van der Waals surface area contributed by atoms with Crippen molar-refractivity contribution >= 4 is 23.3 Å². The second-order valence-corrected chi connectivity index (χ2v) is 9.06. The summed E-state index contributed by atoms with van der Waals surface area (Å²) in [6.45, 7) is 1.26. The molecule has 1 aliphatic carbocycles. The van der Waals surface area contributed by atoms with Crippen LogP contribution in [0.25, 0.3) is 10.6 Å². The summed E-state index contributed by atoms with van der Waals surface area (Å²) in [5.74, 6) is -0.544. The van der Waals surface area contributed by atoms with Crippen LogP contribution in [0.3, 0.4) is 0 Å². The van der Waals surface area contributed by atoms with E-state index in [0.29, 0.717) is 34.6 Å². The molecule has 2 aromatic rings. The van der Waals surface area contributed by atoms with Crippen LogP contribution in [0.4, 0.5) is 9.18 Å². The fourth-order valence-electron chi connectivity index (χ4n) is 4.13. The van der Waals surface area contributed by atoms with Crippen molar-refractivity contribution in [3.8, 4) is 10.6 Å². The highest BCUT2D eigenvalue weighted by molar-refractivity contribution is 7.16. The van der Waals surface area contributed by atoms with Crippen LogP contribution in [0.15, 0.2) is 30.5 Å². The second-order valence-electron chi connectivity index (χ2n) is 8.03. The van der Waals surface area contributed by atoms with Gasteiger partial charge in [0.25, 0.3) is 5.91 Å². The van der Waals surface area contributed by atoms with E-state index in [1.807, 2.05) is 4.90 Å². The minimum absolute atomic E-state index is 0.0173. The van der Waals surface area contributed by atoms with Gasteiger partial charge in [-0.25, -0.2) is 14.2 Å². The number of urea groups is 1. The zero-order valence-corrected chi connectivity index (χ0v) is 17.7. The van der Waals surface area contributed by atoms with E-state index in [1.54, 1.807) is 18.2 Å². The molecule has 6 nitrogen and oxygen atoms in total. The molecule has 0 atom stereocenters. The average molecular weight is 431 g/mol. The Kier molecular flexibility index (Phi) is 6.62. The van der Waals surface area contributed by atoms with E-state index < -0.39 is 0 Å². The van der Waals surface area contributed by atoms with E-state index >= 15 is 0 Å². The predicted octanol–water partition coefficient (Wildman–Crippen LogP) is 4.19. The number of halogens is 1. The Labute approximate surface area is 179 Å². The van der Waals surface area contributed by atoms with Crippen molar-refractivity contribution in [3.05, 3.63) is 41.2 Å². The third-order valence-electron chi connectivity index (χ3n) is 5.88. The van der Waals surface area contributed by atoms with Crippen molar-refractivity contribution in [1.29, 1.82) is 0 Å². The summed E-state index contributed by atoms with van der Waals surface area (Å²) in [4.78, 5) is 31.6. The molecule has 2 fully saturated rings. The second kappa shape index (κ2) is 9.55. The first-order chi connectivity index (χ1) is 14.6. The summed E-state index contributed by atoms with van der Waals surface area (Å²) < 4.78 is 13.9. The van der Waals surface area contributed by atoms with Crippen LogP contribution in [0, 0.1) is 5.82 Å². The number of hydrogen-bond acceptors (Lipinski definition) is 4. The maximum absolute atomic E-state index is 13.9. The van der Waals surface area contributed by atoms with Crippen LogP contribution in [-0.4, -0.2) is 47.0 Å². The van der Waals surface area contributed by atoms with Crippen molar-refractivity contribution in [1.82, 2.24) is 20.5 Å². The highest BCUT2D eigenvalue weighted by Crippen LogP contribution is 2.27. The number of amides is 3. The van der Waals surface area contributed by atoms with Gasteiger partial charge in [0.15, 0.2) is 0 Å². The summed E-state index contributed by atoms with van der Waals surface area (Å²) in [5, 5.41) is 6.68. The van der Waals surface area contributed by atoms with Gasteiger partial charge >= 0.3 is 6.03 Å². The molecular formula is C22H27FN4O2S. The van der Waals surface area contributed by atoms with E-state index in [-0.39, 0.29) is 23.8 Å². The molecule has 30 heavy (non-hydrogen) atoms. The lowest BCUT2D eigenvalue weighted by Gasteiger charge is -2.34. The molecule has 1 aromatic carbocycles. The van der Waals surface area contributed by atoms with Crippen LogP contribution in [-0.2, 0) is 0 Å². The van der Waals surface area contributed by atoms with Crippen LogP contribution in [0.2, 0.25) is 0 Å². The Morgan fingerprint density at radius 3 is 2.43 bits per heavy atom. The van der Waals surface area contributed by atoms with Crippen LogP contribution >= 0.6 is 11.3 Å². The number of aromatic nitrogens is 1. The number of carbonyl (C=O) groups is 2. The highest BCUT2D eigenvalue weighted by atomic mass is 32.1. The van der Waals surface area contributed by atoms with Gasteiger partial charge in [-0.15, -0.1) is 11.3 Å². The van der Waals surface area contributed by atoms with Crippen molar-refractivity contribution in [2.24, 2.45) is 0 Å². The minimum atomic E-state index is -0.349. The topological polar surface area (TPSA) is 74.3 Å². The predicted molar refractivity (Wildman–Crippen MR) is 115 cm³/mol. The molecular weight excluding hydrogens is 403 g/mol. The number of likely N-dealkylation sites (tertiary alicyclic amines) is 1. The summed E-state index contributed by atoms with van der Waals surface area (Å²) in [6.07, 6.45) is 8.73. The van der Waals surface area contributed by atoms with Crippen molar-refractivity contribution in [3.63, 3.8) is 0 Å². The maximum atomic E-state index is 13.9. The molecule has 3 amide bonds. The molecule has 160 valence electrons. The Bertz CT molecular complexity index is 889. The van der Waals surface area contributed by atoms with Gasteiger partial charge in [0.05, 0.1) is 6.20 Å². The summed E-state index contributed by atoms with van der Waals surface area (Å²) in [6, 6.07) is 6.76. The standard InChI is InChI=1S/C22H27FN4O2S/c23-18-9-5-4-8-17(18)21-24-14-19(30-21)20(28)25-16-10-12-27(13-11-16)22(29)26-15-6-2-1-3-7-15/h4-5,8-9,14-16H,1-3,6-7,10-13H2,(H,25,28)(H,26,29). The molecule has 0 unspecified atom stereocenters. The summed E-state index contributed by atoms with van der Waals surface area (Å²) >= 11 is 1.18. The number of benzene rings is 1. The molecule has 1 aromatic heterocycles. The quantitative estimate of drug-likeness (QED) is 0.764. The Hall–Kier alpha value is -2.48. The number of nitrogens with one attached hydrogen (secondary N) is 2. The van der Waals surface area contributed by atoms with Gasteiger partial charge in [0, 0.05) is 30.7 Å². The first kappa shape index (κ1) is 20.8. The molecule has 4 rings (SSSR count). The average Bonchev–Trinajstić information content (AvgIpc) is 3.25. The zero-order chi connectivity index (χ0) is 20.9. The van der Waals surface area contributed by atoms with Crippen molar-refractivity contribution in [2.75, 3.05) is 13.1 Å². The van der Waals surface area contributed by atoms with Gasteiger partial charge in [-0.05, 0) is 37.8 Å². The molecule has 1 saturated heterocycles. The minimum Gasteiger partial charge on any atom is -0.348 e. The van der Waals surface area contributed by atoms with E-state index in [1.165, 1.54) is 42.9 Å². The van der Waals surface area contributed by atoms with Crippen LogP contribution in [0.1, 0.15) is 54.6 Å². The van der Waals surface area contributed by atoms with Gasteiger partial charge < -0.3 is 15.5 Å². The molecule has 0 spiro atoms. The monoisotopic (exact) mass is 430 g/mol. The van der Waals surface area contributed by atoms with E-state index in [2.05, 4.69) is 15.6 Å². The lowest BCUT2D eigenvalue weighted by Crippen LogP contribution is -2.51. The first-order valence-electron chi connectivity index (χ1n) is 10.7. The first-order valence-corrected chi connectivity index (χ1v) is 11.5. The summed E-state index contributed by atoms with van der Waals surface area (Å²) in [5.41, 5.74) is 0.402. The third-order valence-corrected chi connectivity index (χ3v) is 6.91. The van der Waals surface area contributed by atoms with Gasteiger partial charge in [-0.3, -0.25) is 4.79 Å². The number of piperidine rings is 1. The molecule has 2 N–H and O–H groups in total. The number of thiazole rings is 1. The highest BCUT2D eigenvalue weighted by Gasteiger charge is 2.26. The van der Waals surface area contributed by atoms with Crippen LogP contribution in [0.5, 0.6) is 0 Å². The fraction of sp³-hybridized carbons (Fsp3) is 0.500. The molecule has 0 bridgehead atoms. The Balaban J connectivity index is 1.26. The lowest BCUT2D eigenvalue weighted by atomic mass is 9.95. The zero-order valence-electron chi connectivity index (χ0n) is 16.9. The van der Waals surface area contributed by atoms with Crippen molar-refractivity contribution < 1.29 is 14.0 Å². The normalized spacial score (nSPS) is 18.2. The van der Waals surface area contributed by atoms with E-state index in [9.17, 15) is 14.0 Å². The number of carbonyl (C=O) groups excluding carboxylic acids is 2. The molecule has 1 saturated carbocycles. The maximum Gasteiger partial charge on any atom is 0.317 e. The molecule has 0 radical (unpaired) electrons. The molecule has 1 aliphatic heterocycles. The summed E-state index contributed by atoms with van der Waals surface area (Å²) in [7, 11) is 0. The van der Waals surface area contributed by atoms with Gasteiger partial charge in [0.2, 0.25) is 0 Å². The molecule has 2 heterocycles. The van der Waals surface area contributed by atoms with Gasteiger partial charge in [-0.1, -0.05) is 31.4 Å². The Morgan fingerprint density at radius 1 is 1.00 bits per heavy atom. The smallest absolute Gasteiger partial charge is 0.317 e. The van der Waals surface area contributed by atoms with Crippen molar-refractivity contribution in [2.45, 2.75) is 57.0 Å². The number of nitrogens with zero attached hydrogens (tertiary/aromatic N) is 2. The largest absolute Gasteiger partial charge is 0.348 e. The molecule has 2 aliphatic rings. The van der Waals surface area contributed by atoms with Crippen LogP contribution < -0.4 is 10.6 Å². The number of hydrogen-bond donors (Lipinski definition) is 2. The van der Waals surface area contributed by atoms with Gasteiger partial charge in [0.1, 0.15) is 15.7 Å². The van der Waals surface area contributed by atoms with E-state index in [0.717, 1.165) is 25.7 Å². The van der Waals surface area contributed by atoms with E-state index in [4.69, 9.17) is 0 Å². The Morgan fingerprint density at radius 2 is 1.70 bits per heavy atom. The fourth-order valence-corrected chi connectivity index (χ4v) is 4.98. The molecule has 8 heteroatoms. The third kappa shape index (κ3) is 4.98. The SMILES string of the molecule is O=C(NC1CCN(C(=O)NC2CCCCC2)CC1)c1cnc(-c2ccccc2F)s1. The number of rotatable bonds is 4. The van der Waals surface area contributed by atoms with Gasteiger partial charge in [-0.2, -0.15) is 0 Å².